The molecule has 1 N–H and O–H groups in total. The second-order valence-corrected chi connectivity index (χ2v) is 3.40. The van der Waals surface area contributed by atoms with Crippen LogP contribution in [0.4, 0.5) is 0 Å². The smallest absolute Gasteiger partial charge is 0.322 e. The summed E-state index contributed by atoms with van der Waals surface area (Å²) < 4.78 is 9.23. The van der Waals surface area contributed by atoms with E-state index in [0.29, 0.717) is 6.42 Å². The molecular weight excluding hydrogens is 186 g/mol. The second-order valence-electron chi connectivity index (χ2n) is 3.40. The van der Waals surface area contributed by atoms with Crippen LogP contribution in [0.15, 0.2) is 0 Å². The maximum Gasteiger partial charge on any atom is 0.322 e. The highest BCUT2D eigenvalue weighted by Crippen LogP contribution is 2.22. The molecule has 0 aromatic carbocycles. The molecule has 1 aliphatic heterocycles. The van der Waals surface area contributed by atoms with Gasteiger partial charge in [0.25, 0.3) is 0 Å². The van der Waals surface area contributed by atoms with Crippen molar-refractivity contribution in [3.05, 3.63) is 0 Å². The number of carbonyl (C=O) groups excluding carboxylic acids is 2. The predicted octanol–water partition coefficient (Wildman–Crippen LogP) is -0.301. The fourth-order valence-corrected chi connectivity index (χ4v) is 1.72. The number of methoxy groups -OCH3 is 2. The summed E-state index contributed by atoms with van der Waals surface area (Å²) in [5, 5.41) is 2.99. The number of nitrogens with one attached hydrogen (secondary N) is 1. The zero-order valence-electron chi connectivity index (χ0n) is 8.57. The van der Waals surface area contributed by atoms with Gasteiger partial charge in [-0.1, -0.05) is 0 Å². The third-order valence-electron chi connectivity index (χ3n) is 2.55. The first-order chi connectivity index (χ1) is 6.60. The Hall–Kier alpha value is -1.10. The summed E-state index contributed by atoms with van der Waals surface area (Å²) in [7, 11) is 2.68. The van der Waals surface area contributed by atoms with Crippen LogP contribution in [0.5, 0.6) is 0 Å². The maximum absolute atomic E-state index is 11.3. The van der Waals surface area contributed by atoms with E-state index in [-0.39, 0.29) is 29.9 Å². The van der Waals surface area contributed by atoms with E-state index >= 15 is 0 Å². The van der Waals surface area contributed by atoms with Crippen LogP contribution in [-0.4, -0.2) is 38.2 Å². The second kappa shape index (κ2) is 4.41. The highest BCUT2D eigenvalue weighted by Gasteiger charge is 2.39. The van der Waals surface area contributed by atoms with Crippen LogP contribution >= 0.6 is 0 Å². The van der Waals surface area contributed by atoms with Gasteiger partial charge in [0.2, 0.25) is 0 Å². The van der Waals surface area contributed by atoms with Gasteiger partial charge in [0.05, 0.1) is 20.1 Å². The van der Waals surface area contributed by atoms with Crippen molar-refractivity contribution in [2.24, 2.45) is 5.92 Å². The molecule has 1 heterocycles. The van der Waals surface area contributed by atoms with Crippen molar-refractivity contribution < 1.29 is 19.1 Å². The van der Waals surface area contributed by atoms with Gasteiger partial charge in [-0.3, -0.25) is 9.59 Å². The Morgan fingerprint density at radius 2 is 1.79 bits per heavy atom. The fourth-order valence-electron chi connectivity index (χ4n) is 1.72. The van der Waals surface area contributed by atoms with E-state index in [9.17, 15) is 9.59 Å². The Balaban J connectivity index is 2.59. The zero-order chi connectivity index (χ0) is 10.7. The van der Waals surface area contributed by atoms with Gasteiger partial charge in [-0.05, 0) is 13.3 Å². The minimum Gasteiger partial charge on any atom is -0.469 e. The lowest BCUT2D eigenvalue weighted by Gasteiger charge is -2.10. The molecule has 0 aromatic rings. The van der Waals surface area contributed by atoms with E-state index < -0.39 is 0 Å². The standard InChI is InChI=1S/C9H15NO4/c1-5-6(8(11)13-2)4-7(10-5)9(12)14-3/h5-7,10H,4H2,1-3H3/t5-,6+,7-/m1/s1. The van der Waals surface area contributed by atoms with Crippen LogP contribution in [-0.2, 0) is 19.1 Å². The highest BCUT2D eigenvalue weighted by molar-refractivity contribution is 5.80. The number of carbonyl (C=O) groups is 2. The Morgan fingerprint density at radius 3 is 2.29 bits per heavy atom. The zero-order valence-corrected chi connectivity index (χ0v) is 8.57. The van der Waals surface area contributed by atoms with E-state index in [0.717, 1.165) is 0 Å². The van der Waals surface area contributed by atoms with Crippen molar-refractivity contribution in [3.8, 4) is 0 Å². The molecular formula is C9H15NO4. The molecule has 80 valence electrons. The molecule has 1 fully saturated rings. The summed E-state index contributed by atoms with van der Waals surface area (Å²) in [6.45, 7) is 1.85. The van der Waals surface area contributed by atoms with Gasteiger partial charge >= 0.3 is 11.9 Å². The van der Waals surface area contributed by atoms with E-state index in [1.165, 1.54) is 14.2 Å². The molecule has 0 saturated carbocycles. The average Bonchev–Trinajstić information content (AvgIpc) is 2.58. The molecule has 0 bridgehead atoms. The van der Waals surface area contributed by atoms with Gasteiger partial charge < -0.3 is 14.8 Å². The molecule has 1 aliphatic rings. The molecule has 1 saturated heterocycles. The largest absolute Gasteiger partial charge is 0.469 e. The van der Waals surface area contributed by atoms with E-state index in [1.807, 2.05) is 6.92 Å². The van der Waals surface area contributed by atoms with Crippen molar-refractivity contribution in [2.75, 3.05) is 14.2 Å². The number of esters is 2. The fraction of sp³-hybridized carbons (Fsp3) is 0.778. The van der Waals surface area contributed by atoms with Gasteiger partial charge in [-0.25, -0.2) is 0 Å². The summed E-state index contributed by atoms with van der Waals surface area (Å²) in [5.74, 6) is -0.872. The van der Waals surface area contributed by atoms with Gasteiger partial charge in [-0.2, -0.15) is 0 Å². The SMILES string of the molecule is COC(=O)[C@H]1C[C@H](C(=O)OC)N[C@@H]1C. The van der Waals surface area contributed by atoms with E-state index in [4.69, 9.17) is 0 Å². The number of hydrogen-bond donors (Lipinski definition) is 1. The van der Waals surface area contributed by atoms with Gasteiger partial charge in [0.1, 0.15) is 6.04 Å². The third-order valence-corrected chi connectivity index (χ3v) is 2.55. The minimum atomic E-state index is -0.390. The maximum atomic E-state index is 11.3. The lowest BCUT2D eigenvalue weighted by atomic mass is 10.0. The summed E-state index contributed by atoms with van der Waals surface area (Å²) in [6, 6.07) is -0.439. The Labute approximate surface area is 82.8 Å². The van der Waals surface area contributed by atoms with Gasteiger partial charge in [0.15, 0.2) is 0 Å². The Bertz CT molecular complexity index is 241. The normalized spacial score (nSPS) is 31.2. The average molecular weight is 201 g/mol. The Morgan fingerprint density at radius 1 is 1.21 bits per heavy atom. The van der Waals surface area contributed by atoms with E-state index in [2.05, 4.69) is 14.8 Å². The summed E-state index contributed by atoms with van der Waals surface area (Å²) in [5.41, 5.74) is 0. The first-order valence-electron chi connectivity index (χ1n) is 4.51. The lowest BCUT2D eigenvalue weighted by Crippen LogP contribution is -2.36. The van der Waals surface area contributed by atoms with Crippen LogP contribution in [0.3, 0.4) is 0 Å². The van der Waals surface area contributed by atoms with Crippen LogP contribution in [0, 0.1) is 5.92 Å². The quantitative estimate of drug-likeness (QED) is 0.621. The molecule has 14 heavy (non-hydrogen) atoms. The van der Waals surface area contributed by atoms with Crippen molar-refractivity contribution in [2.45, 2.75) is 25.4 Å². The van der Waals surface area contributed by atoms with Gasteiger partial charge in [0, 0.05) is 6.04 Å². The van der Waals surface area contributed by atoms with Crippen LogP contribution < -0.4 is 5.32 Å². The number of ether oxygens (including phenoxy) is 2. The van der Waals surface area contributed by atoms with Crippen molar-refractivity contribution in [3.63, 3.8) is 0 Å². The molecule has 0 spiro atoms. The molecule has 5 heteroatoms. The monoisotopic (exact) mass is 201 g/mol. The molecule has 0 aliphatic carbocycles. The number of hydrogen-bond acceptors (Lipinski definition) is 5. The Kier molecular flexibility index (Phi) is 3.46. The van der Waals surface area contributed by atoms with E-state index in [1.54, 1.807) is 0 Å². The van der Waals surface area contributed by atoms with Crippen molar-refractivity contribution in [1.29, 1.82) is 0 Å². The molecule has 0 unspecified atom stereocenters. The first-order valence-corrected chi connectivity index (χ1v) is 4.51. The summed E-state index contributed by atoms with van der Waals surface area (Å²) in [6.07, 6.45) is 0.445. The van der Waals surface area contributed by atoms with Crippen LogP contribution in [0.1, 0.15) is 13.3 Å². The van der Waals surface area contributed by atoms with Crippen molar-refractivity contribution >= 4 is 11.9 Å². The molecule has 5 nitrogen and oxygen atoms in total. The summed E-state index contributed by atoms with van der Waals surface area (Å²) >= 11 is 0. The molecule has 0 amide bonds. The molecule has 0 radical (unpaired) electrons. The highest BCUT2D eigenvalue weighted by atomic mass is 16.5. The van der Waals surface area contributed by atoms with Crippen molar-refractivity contribution in [1.82, 2.24) is 5.32 Å². The lowest BCUT2D eigenvalue weighted by molar-refractivity contribution is -0.145. The number of rotatable bonds is 2. The third kappa shape index (κ3) is 2.04. The summed E-state index contributed by atoms with van der Waals surface area (Å²) in [4.78, 5) is 22.4. The molecule has 1 rings (SSSR count). The molecule has 3 atom stereocenters. The van der Waals surface area contributed by atoms with Crippen LogP contribution in [0.2, 0.25) is 0 Å². The first kappa shape index (κ1) is 11.0. The predicted molar refractivity (Wildman–Crippen MR) is 48.5 cm³/mol. The van der Waals surface area contributed by atoms with Crippen LogP contribution in [0.25, 0.3) is 0 Å². The minimum absolute atomic E-state index is 0.0495. The topological polar surface area (TPSA) is 64.6 Å². The van der Waals surface area contributed by atoms with Gasteiger partial charge in [-0.15, -0.1) is 0 Å². The molecule has 0 aromatic heterocycles.